The molecule has 0 atom stereocenters. The van der Waals surface area contributed by atoms with Gasteiger partial charge in [-0.1, -0.05) is 72.3 Å². The molecule has 1 aliphatic rings. The number of carbonyl (C=O) groups is 1. The zero-order chi connectivity index (χ0) is 18.6. The van der Waals surface area contributed by atoms with Crippen molar-refractivity contribution in [3.05, 3.63) is 94.5 Å². The second-order valence-electron chi connectivity index (χ2n) is 6.72. The Hall–Kier alpha value is -2.84. The Kier molecular flexibility index (Phi) is 5.08. The van der Waals surface area contributed by atoms with Gasteiger partial charge in [-0.05, 0) is 58.9 Å². The number of rotatable bonds is 4. The van der Waals surface area contributed by atoms with Crippen LogP contribution in [0.25, 0.3) is 17.2 Å². The average molecular weight is 374 g/mol. The molecule has 0 bridgehead atoms. The van der Waals surface area contributed by atoms with Crippen molar-refractivity contribution in [3.8, 4) is 11.1 Å². The van der Waals surface area contributed by atoms with Crippen molar-refractivity contribution in [1.82, 2.24) is 0 Å². The molecule has 27 heavy (non-hydrogen) atoms. The second-order valence-corrected chi connectivity index (χ2v) is 7.12. The van der Waals surface area contributed by atoms with E-state index in [4.69, 9.17) is 11.6 Å². The van der Waals surface area contributed by atoms with E-state index < -0.39 is 0 Å². The second kappa shape index (κ2) is 7.81. The van der Waals surface area contributed by atoms with E-state index in [1.165, 1.54) is 16.7 Å². The first-order valence-corrected chi connectivity index (χ1v) is 9.50. The molecule has 1 N–H and O–H groups in total. The van der Waals surface area contributed by atoms with Crippen LogP contribution in [0.15, 0.2) is 72.8 Å². The Morgan fingerprint density at radius 2 is 1.85 bits per heavy atom. The minimum Gasteiger partial charge on any atom is -0.326 e. The topological polar surface area (TPSA) is 29.1 Å². The van der Waals surface area contributed by atoms with Crippen LogP contribution in [0.2, 0.25) is 5.02 Å². The van der Waals surface area contributed by atoms with Crippen LogP contribution < -0.4 is 5.32 Å². The normalized spacial score (nSPS) is 12.5. The number of amides is 1. The lowest BCUT2D eigenvalue weighted by atomic mass is 9.90. The maximum Gasteiger partial charge on any atom is 0.228 e. The predicted octanol–water partition coefficient (Wildman–Crippen LogP) is 6.15. The number of benzene rings is 3. The number of halogens is 1. The van der Waals surface area contributed by atoms with Gasteiger partial charge in [0, 0.05) is 10.7 Å². The third-order valence-corrected chi connectivity index (χ3v) is 5.20. The highest BCUT2D eigenvalue weighted by molar-refractivity contribution is 6.31. The van der Waals surface area contributed by atoms with Gasteiger partial charge in [-0.3, -0.25) is 4.79 Å². The average Bonchev–Trinajstić information content (AvgIpc) is 2.69. The molecule has 0 saturated carbocycles. The van der Waals surface area contributed by atoms with Crippen LogP contribution in [-0.4, -0.2) is 5.91 Å². The molecule has 4 rings (SSSR count). The first-order valence-electron chi connectivity index (χ1n) is 9.13. The third-order valence-electron chi connectivity index (χ3n) is 4.83. The Balaban J connectivity index is 1.56. The van der Waals surface area contributed by atoms with E-state index in [-0.39, 0.29) is 12.3 Å². The van der Waals surface area contributed by atoms with Crippen LogP contribution in [0.5, 0.6) is 0 Å². The van der Waals surface area contributed by atoms with Gasteiger partial charge in [0.25, 0.3) is 0 Å². The van der Waals surface area contributed by atoms with Gasteiger partial charge >= 0.3 is 0 Å². The minimum absolute atomic E-state index is 0.0739. The van der Waals surface area contributed by atoms with Gasteiger partial charge in [0.15, 0.2) is 0 Å². The van der Waals surface area contributed by atoms with Crippen LogP contribution >= 0.6 is 11.6 Å². The van der Waals surface area contributed by atoms with Gasteiger partial charge in [0.05, 0.1) is 6.42 Å². The molecular formula is C24H20ClNO. The molecular weight excluding hydrogens is 354 g/mol. The van der Waals surface area contributed by atoms with Crippen molar-refractivity contribution in [3.63, 3.8) is 0 Å². The standard InChI is InChI=1S/C24H20ClNO/c25-23-14-4-2-8-19(23)16-24(27)26-20-11-5-10-18(15-20)22-13-6-9-17-7-1-3-12-21(17)22/h2-6,8-15H,1,7,16H2,(H,26,27). The van der Waals surface area contributed by atoms with Gasteiger partial charge in [-0.25, -0.2) is 0 Å². The molecule has 1 amide bonds. The number of hydrogen-bond acceptors (Lipinski definition) is 1. The predicted molar refractivity (Wildman–Crippen MR) is 113 cm³/mol. The van der Waals surface area contributed by atoms with Crippen LogP contribution in [0.3, 0.4) is 0 Å². The van der Waals surface area contributed by atoms with E-state index in [1.54, 1.807) is 6.07 Å². The highest BCUT2D eigenvalue weighted by Crippen LogP contribution is 2.32. The lowest BCUT2D eigenvalue weighted by Crippen LogP contribution is -2.14. The molecule has 0 saturated heterocycles. The number of allylic oxidation sites excluding steroid dienone is 1. The Bertz CT molecular complexity index is 1020. The zero-order valence-electron chi connectivity index (χ0n) is 14.9. The maximum absolute atomic E-state index is 12.4. The molecule has 0 radical (unpaired) electrons. The molecule has 0 spiro atoms. The molecule has 0 aromatic heterocycles. The summed E-state index contributed by atoms with van der Waals surface area (Å²) in [4.78, 5) is 12.4. The first-order chi connectivity index (χ1) is 13.2. The van der Waals surface area contributed by atoms with E-state index in [9.17, 15) is 4.79 Å². The summed E-state index contributed by atoms with van der Waals surface area (Å²) in [7, 11) is 0. The Morgan fingerprint density at radius 1 is 1.00 bits per heavy atom. The molecule has 0 heterocycles. The summed E-state index contributed by atoms with van der Waals surface area (Å²) >= 11 is 6.16. The molecule has 1 aliphatic carbocycles. The monoisotopic (exact) mass is 373 g/mol. The summed E-state index contributed by atoms with van der Waals surface area (Å²) in [6, 6.07) is 21.9. The number of hydrogen-bond donors (Lipinski definition) is 1. The lowest BCUT2D eigenvalue weighted by Gasteiger charge is -2.16. The summed E-state index contributed by atoms with van der Waals surface area (Å²) < 4.78 is 0. The number of carbonyl (C=O) groups excluding carboxylic acids is 1. The molecule has 3 aromatic carbocycles. The molecule has 0 aliphatic heterocycles. The quantitative estimate of drug-likeness (QED) is 0.584. The van der Waals surface area contributed by atoms with Crippen LogP contribution in [0.1, 0.15) is 23.1 Å². The fourth-order valence-electron chi connectivity index (χ4n) is 3.50. The highest BCUT2D eigenvalue weighted by atomic mass is 35.5. The summed E-state index contributed by atoms with van der Waals surface area (Å²) in [5.74, 6) is -0.0739. The van der Waals surface area contributed by atoms with Gasteiger partial charge < -0.3 is 5.32 Å². The van der Waals surface area contributed by atoms with Crippen LogP contribution in [-0.2, 0) is 17.6 Å². The van der Waals surface area contributed by atoms with Crippen molar-refractivity contribution in [2.45, 2.75) is 19.3 Å². The van der Waals surface area contributed by atoms with E-state index in [2.05, 4.69) is 41.7 Å². The zero-order valence-corrected chi connectivity index (χ0v) is 15.7. The van der Waals surface area contributed by atoms with Crippen molar-refractivity contribution in [2.24, 2.45) is 0 Å². The summed E-state index contributed by atoms with van der Waals surface area (Å²) in [6.07, 6.45) is 6.85. The lowest BCUT2D eigenvalue weighted by molar-refractivity contribution is -0.115. The van der Waals surface area contributed by atoms with Crippen molar-refractivity contribution in [1.29, 1.82) is 0 Å². The summed E-state index contributed by atoms with van der Waals surface area (Å²) in [5, 5.41) is 3.61. The van der Waals surface area contributed by atoms with Crippen molar-refractivity contribution < 1.29 is 4.79 Å². The largest absolute Gasteiger partial charge is 0.326 e. The van der Waals surface area contributed by atoms with E-state index in [0.717, 1.165) is 29.7 Å². The van der Waals surface area contributed by atoms with Gasteiger partial charge in [0.2, 0.25) is 5.91 Å². The number of nitrogens with one attached hydrogen (secondary N) is 1. The number of fused-ring (bicyclic) bond motifs is 1. The van der Waals surface area contributed by atoms with Gasteiger partial charge in [0.1, 0.15) is 0 Å². The third kappa shape index (κ3) is 3.96. The fourth-order valence-corrected chi connectivity index (χ4v) is 3.71. The molecule has 0 fully saturated rings. The Labute approximate surface area is 164 Å². The number of anilines is 1. The van der Waals surface area contributed by atoms with Crippen molar-refractivity contribution in [2.75, 3.05) is 5.32 Å². The van der Waals surface area contributed by atoms with E-state index in [1.807, 2.05) is 36.4 Å². The fraction of sp³-hybridized carbons (Fsp3) is 0.125. The first kappa shape index (κ1) is 17.6. The van der Waals surface area contributed by atoms with Crippen LogP contribution in [0.4, 0.5) is 5.69 Å². The van der Waals surface area contributed by atoms with E-state index in [0.29, 0.717) is 5.02 Å². The smallest absolute Gasteiger partial charge is 0.228 e. The van der Waals surface area contributed by atoms with Gasteiger partial charge in [-0.15, -0.1) is 0 Å². The molecule has 0 unspecified atom stereocenters. The maximum atomic E-state index is 12.4. The molecule has 3 heteroatoms. The minimum atomic E-state index is -0.0739. The number of aryl methyl sites for hydroxylation is 1. The molecule has 134 valence electrons. The van der Waals surface area contributed by atoms with Gasteiger partial charge in [-0.2, -0.15) is 0 Å². The Morgan fingerprint density at radius 3 is 2.74 bits per heavy atom. The van der Waals surface area contributed by atoms with Crippen molar-refractivity contribution >= 4 is 29.3 Å². The molecule has 2 nitrogen and oxygen atoms in total. The highest BCUT2D eigenvalue weighted by Gasteiger charge is 2.12. The molecule has 3 aromatic rings. The SMILES string of the molecule is O=C(Cc1ccccc1Cl)Nc1cccc(-c2cccc3c2C=CCC3)c1. The summed E-state index contributed by atoms with van der Waals surface area (Å²) in [5.41, 5.74) is 6.59. The van der Waals surface area contributed by atoms with E-state index >= 15 is 0 Å². The van der Waals surface area contributed by atoms with Crippen LogP contribution in [0, 0.1) is 0 Å². The summed E-state index contributed by atoms with van der Waals surface area (Å²) in [6.45, 7) is 0.